The molecule has 0 aliphatic heterocycles. The smallest absolute Gasteiger partial charge is 0.120 e. The second kappa shape index (κ2) is 12.5. The van der Waals surface area contributed by atoms with Gasteiger partial charge in [-0.15, -0.1) is 0 Å². The Morgan fingerprint density at radius 3 is 1.81 bits per heavy atom. The monoisotopic (exact) mass is 229 g/mol. The number of ether oxygens (including phenoxy) is 2. The van der Waals surface area contributed by atoms with Gasteiger partial charge < -0.3 is 14.4 Å². The first-order valence-corrected chi connectivity index (χ1v) is 6.37. The van der Waals surface area contributed by atoms with Crippen molar-refractivity contribution in [3.63, 3.8) is 0 Å². The molecule has 0 saturated carbocycles. The fraction of sp³-hybridized carbons (Fsp3) is 0.846. The zero-order valence-electron chi connectivity index (χ0n) is 11.1. The van der Waals surface area contributed by atoms with Crippen LogP contribution in [0.3, 0.4) is 0 Å². The van der Waals surface area contributed by atoms with E-state index in [4.69, 9.17) is 9.47 Å². The maximum Gasteiger partial charge on any atom is 0.120 e. The van der Waals surface area contributed by atoms with E-state index >= 15 is 0 Å². The molecule has 3 nitrogen and oxygen atoms in total. The number of unbranched alkanes of at least 4 members (excludes halogenated alkanes) is 2. The van der Waals surface area contributed by atoms with E-state index in [0.717, 1.165) is 26.1 Å². The second-order valence-corrected chi connectivity index (χ2v) is 3.85. The summed E-state index contributed by atoms with van der Waals surface area (Å²) in [5.41, 5.74) is 0. The predicted molar refractivity (Wildman–Crippen MR) is 68.1 cm³/mol. The van der Waals surface area contributed by atoms with Crippen LogP contribution in [-0.4, -0.2) is 31.6 Å². The van der Waals surface area contributed by atoms with E-state index in [2.05, 4.69) is 13.8 Å². The summed E-state index contributed by atoms with van der Waals surface area (Å²) in [6.07, 6.45) is 8.62. The standard InChI is InChI=1S/C13H27NO2/c1-4-7-10-15-12-14(9-6-3)13-16-11-8-5-2/h6,9H,4-5,7-8,10-13H2,1-3H3. The molecular weight excluding hydrogens is 202 g/mol. The molecule has 0 saturated heterocycles. The minimum Gasteiger partial charge on any atom is -0.361 e. The van der Waals surface area contributed by atoms with Gasteiger partial charge in [0, 0.05) is 13.2 Å². The van der Waals surface area contributed by atoms with Gasteiger partial charge in [0.15, 0.2) is 0 Å². The number of hydrogen-bond donors (Lipinski definition) is 0. The van der Waals surface area contributed by atoms with Crippen molar-refractivity contribution in [1.82, 2.24) is 4.90 Å². The van der Waals surface area contributed by atoms with Crippen LogP contribution in [0.5, 0.6) is 0 Å². The molecule has 0 aliphatic carbocycles. The van der Waals surface area contributed by atoms with Crippen LogP contribution < -0.4 is 0 Å². The lowest BCUT2D eigenvalue weighted by Gasteiger charge is -2.20. The van der Waals surface area contributed by atoms with E-state index in [9.17, 15) is 0 Å². The van der Waals surface area contributed by atoms with Crippen molar-refractivity contribution in [2.45, 2.75) is 46.5 Å². The van der Waals surface area contributed by atoms with E-state index in [1.807, 2.05) is 24.1 Å². The first-order chi connectivity index (χ1) is 7.85. The van der Waals surface area contributed by atoms with Crippen molar-refractivity contribution in [2.24, 2.45) is 0 Å². The van der Waals surface area contributed by atoms with Gasteiger partial charge in [0.25, 0.3) is 0 Å². The van der Waals surface area contributed by atoms with Gasteiger partial charge in [-0.1, -0.05) is 32.8 Å². The van der Waals surface area contributed by atoms with Crippen molar-refractivity contribution in [3.05, 3.63) is 12.3 Å². The molecule has 0 aromatic rings. The molecule has 0 heterocycles. The Morgan fingerprint density at radius 1 is 0.938 bits per heavy atom. The van der Waals surface area contributed by atoms with Crippen molar-refractivity contribution in [3.8, 4) is 0 Å². The molecule has 0 radical (unpaired) electrons. The highest BCUT2D eigenvalue weighted by Gasteiger charge is 1.98. The van der Waals surface area contributed by atoms with E-state index in [-0.39, 0.29) is 0 Å². The molecule has 3 heteroatoms. The van der Waals surface area contributed by atoms with Gasteiger partial charge in [-0.2, -0.15) is 0 Å². The molecule has 0 spiro atoms. The third kappa shape index (κ3) is 9.99. The Balaban J connectivity index is 3.54. The molecule has 0 aliphatic rings. The quantitative estimate of drug-likeness (QED) is 0.400. The molecule has 0 rings (SSSR count). The lowest BCUT2D eigenvalue weighted by molar-refractivity contribution is -0.0201. The first kappa shape index (κ1) is 15.5. The average molecular weight is 229 g/mol. The van der Waals surface area contributed by atoms with Crippen LogP contribution in [0.15, 0.2) is 12.3 Å². The molecule has 0 unspecified atom stereocenters. The van der Waals surface area contributed by atoms with Gasteiger partial charge in [-0.05, 0) is 26.0 Å². The molecule has 16 heavy (non-hydrogen) atoms. The minimum atomic E-state index is 0.621. The van der Waals surface area contributed by atoms with Gasteiger partial charge in [0.1, 0.15) is 13.5 Å². The maximum atomic E-state index is 5.54. The molecule has 0 atom stereocenters. The summed E-state index contributed by atoms with van der Waals surface area (Å²) in [5, 5.41) is 0. The summed E-state index contributed by atoms with van der Waals surface area (Å²) in [4.78, 5) is 2.05. The fourth-order valence-electron chi connectivity index (χ4n) is 1.19. The maximum absolute atomic E-state index is 5.54. The average Bonchev–Trinajstić information content (AvgIpc) is 2.30. The second-order valence-electron chi connectivity index (χ2n) is 3.85. The molecule has 0 fully saturated rings. The van der Waals surface area contributed by atoms with Crippen molar-refractivity contribution >= 4 is 0 Å². The molecule has 0 aromatic heterocycles. The Kier molecular flexibility index (Phi) is 12.1. The Morgan fingerprint density at radius 2 is 1.44 bits per heavy atom. The van der Waals surface area contributed by atoms with E-state index in [1.54, 1.807) is 0 Å². The molecule has 0 amide bonds. The Hall–Kier alpha value is -0.540. The minimum absolute atomic E-state index is 0.621. The highest BCUT2D eigenvalue weighted by atomic mass is 16.5. The van der Waals surface area contributed by atoms with Crippen molar-refractivity contribution in [1.29, 1.82) is 0 Å². The largest absolute Gasteiger partial charge is 0.361 e. The zero-order chi connectivity index (χ0) is 12.1. The summed E-state index contributed by atoms with van der Waals surface area (Å²) in [7, 11) is 0. The lowest BCUT2D eigenvalue weighted by Crippen LogP contribution is -2.24. The molecule has 96 valence electrons. The molecule has 0 aromatic carbocycles. The van der Waals surface area contributed by atoms with E-state index < -0.39 is 0 Å². The van der Waals surface area contributed by atoms with Crippen LogP contribution in [0.25, 0.3) is 0 Å². The Labute approximate surface area is 100 Å². The topological polar surface area (TPSA) is 21.7 Å². The Bertz CT molecular complexity index is 148. The summed E-state index contributed by atoms with van der Waals surface area (Å²) >= 11 is 0. The van der Waals surface area contributed by atoms with E-state index in [1.165, 1.54) is 12.8 Å². The van der Waals surface area contributed by atoms with Crippen LogP contribution >= 0.6 is 0 Å². The number of hydrogen-bond acceptors (Lipinski definition) is 3. The summed E-state index contributed by atoms with van der Waals surface area (Å²) in [5.74, 6) is 0. The summed E-state index contributed by atoms with van der Waals surface area (Å²) in [6, 6.07) is 0. The molecule has 0 N–H and O–H groups in total. The van der Waals surface area contributed by atoms with E-state index in [0.29, 0.717) is 13.5 Å². The van der Waals surface area contributed by atoms with Gasteiger partial charge in [-0.3, -0.25) is 0 Å². The third-order valence-corrected chi connectivity index (χ3v) is 2.16. The highest BCUT2D eigenvalue weighted by Crippen LogP contribution is 1.96. The fourth-order valence-corrected chi connectivity index (χ4v) is 1.19. The molecular formula is C13H27NO2. The predicted octanol–water partition coefficient (Wildman–Crippen LogP) is 3.37. The summed E-state index contributed by atoms with van der Waals surface area (Å²) < 4.78 is 11.1. The van der Waals surface area contributed by atoms with Gasteiger partial charge in [-0.25, -0.2) is 0 Å². The molecule has 0 bridgehead atoms. The zero-order valence-corrected chi connectivity index (χ0v) is 11.1. The normalized spacial score (nSPS) is 11.2. The van der Waals surface area contributed by atoms with Crippen LogP contribution in [-0.2, 0) is 9.47 Å². The third-order valence-electron chi connectivity index (χ3n) is 2.16. The van der Waals surface area contributed by atoms with Crippen molar-refractivity contribution in [2.75, 3.05) is 26.7 Å². The highest BCUT2D eigenvalue weighted by molar-refractivity contribution is 4.75. The SMILES string of the molecule is CC=CN(COCCCC)COCCCC. The van der Waals surface area contributed by atoms with Crippen LogP contribution in [0, 0.1) is 0 Å². The number of rotatable bonds is 11. The van der Waals surface area contributed by atoms with Crippen molar-refractivity contribution < 1.29 is 9.47 Å². The van der Waals surface area contributed by atoms with Crippen LogP contribution in [0.4, 0.5) is 0 Å². The number of nitrogens with zero attached hydrogens (tertiary/aromatic N) is 1. The first-order valence-electron chi connectivity index (χ1n) is 6.37. The van der Waals surface area contributed by atoms with Crippen LogP contribution in [0.1, 0.15) is 46.5 Å². The number of allylic oxidation sites excluding steroid dienone is 1. The van der Waals surface area contributed by atoms with Crippen LogP contribution in [0.2, 0.25) is 0 Å². The lowest BCUT2D eigenvalue weighted by atomic mass is 10.4. The summed E-state index contributed by atoms with van der Waals surface area (Å²) in [6.45, 7) is 9.25. The van der Waals surface area contributed by atoms with Gasteiger partial charge >= 0.3 is 0 Å². The van der Waals surface area contributed by atoms with Gasteiger partial charge in [0.2, 0.25) is 0 Å². The van der Waals surface area contributed by atoms with Gasteiger partial charge in [0.05, 0.1) is 0 Å².